The molecule has 0 amide bonds. The highest BCUT2D eigenvalue weighted by Crippen LogP contribution is 2.39. The number of carbonyl (C=O) groups excluding carboxylic acids is 1. The van der Waals surface area contributed by atoms with Crippen LogP contribution in [0.1, 0.15) is 6.92 Å². The largest absolute Gasteiger partial charge is 0.460 e. The molecular formula is C10H12F6O4. The van der Waals surface area contributed by atoms with Gasteiger partial charge in [-0.1, -0.05) is 6.58 Å². The van der Waals surface area contributed by atoms with Crippen LogP contribution >= 0.6 is 0 Å². The molecular weight excluding hydrogens is 298 g/mol. The third-order valence-electron chi connectivity index (χ3n) is 1.91. The summed E-state index contributed by atoms with van der Waals surface area (Å²) in [5.41, 5.74) is -0.0548. The number of alkyl halides is 6. The standard InChI is InChI=1S/C10H12F6O4/c1-5(2)7(18)19-3-6(17)4-20-9(13,8(11)12)10(14,15)16/h6,8,17H,1,3-4H2,2H3. The van der Waals surface area contributed by atoms with Crippen molar-refractivity contribution in [2.75, 3.05) is 13.2 Å². The van der Waals surface area contributed by atoms with Crippen molar-refractivity contribution in [3.05, 3.63) is 12.2 Å². The summed E-state index contributed by atoms with van der Waals surface area (Å²) in [7, 11) is 0. The zero-order chi connectivity index (χ0) is 16.1. The third kappa shape index (κ3) is 5.00. The van der Waals surface area contributed by atoms with Gasteiger partial charge < -0.3 is 14.6 Å². The maximum absolute atomic E-state index is 13.0. The maximum Gasteiger partial charge on any atom is 0.454 e. The molecule has 0 saturated heterocycles. The van der Waals surface area contributed by atoms with Crippen LogP contribution in [-0.4, -0.2) is 48.9 Å². The number of aliphatic hydroxyl groups excluding tert-OH is 1. The van der Waals surface area contributed by atoms with Crippen LogP contribution in [0.4, 0.5) is 26.3 Å². The van der Waals surface area contributed by atoms with Crippen molar-refractivity contribution < 1.29 is 45.7 Å². The first-order valence-electron chi connectivity index (χ1n) is 5.10. The van der Waals surface area contributed by atoms with Crippen LogP contribution in [0.2, 0.25) is 0 Å². The Bertz CT molecular complexity index is 356. The van der Waals surface area contributed by atoms with Crippen LogP contribution in [0.25, 0.3) is 0 Å². The van der Waals surface area contributed by atoms with E-state index >= 15 is 0 Å². The van der Waals surface area contributed by atoms with E-state index in [-0.39, 0.29) is 5.57 Å². The summed E-state index contributed by atoms with van der Waals surface area (Å²) in [4.78, 5) is 10.9. The topological polar surface area (TPSA) is 55.8 Å². The highest BCUT2D eigenvalue weighted by atomic mass is 19.4. The number of esters is 1. The predicted molar refractivity (Wildman–Crippen MR) is 53.6 cm³/mol. The van der Waals surface area contributed by atoms with Gasteiger partial charge in [0.1, 0.15) is 12.7 Å². The third-order valence-corrected chi connectivity index (χ3v) is 1.91. The fourth-order valence-electron chi connectivity index (χ4n) is 0.829. The SMILES string of the molecule is C=C(C)C(=O)OCC(O)COC(F)(C(F)F)C(F)(F)F. The number of carbonyl (C=O) groups is 1. The minimum absolute atomic E-state index is 0.0548. The van der Waals surface area contributed by atoms with Crippen molar-refractivity contribution in [3.63, 3.8) is 0 Å². The quantitative estimate of drug-likeness (QED) is 0.444. The second kappa shape index (κ2) is 6.93. The second-order valence-electron chi connectivity index (χ2n) is 3.79. The lowest BCUT2D eigenvalue weighted by Gasteiger charge is -2.27. The summed E-state index contributed by atoms with van der Waals surface area (Å²) in [5.74, 6) is -6.16. The Morgan fingerprint density at radius 1 is 1.25 bits per heavy atom. The van der Waals surface area contributed by atoms with Crippen LogP contribution in [-0.2, 0) is 14.3 Å². The number of hydrogen-bond acceptors (Lipinski definition) is 4. The van der Waals surface area contributed by atoms with Gasteiger partial charge in [0.15, 0.2) is 0 Å². The lowest BCUT2D eigenvalue weighted by molar-refractivity contribution is -0.372. The Balaban J connectivity index is 4.44. The number of rotatable bonds is 7. The molecule has 0 fully saturated rings. The highest BCUT2D eigenvalue weighted by Gasteiger charge is 2.64. The first-order valence-corrected chi connectivity index (χ1v) is 5.10. The molecule has 118 valence electrons. The van der Waals surface area contributed by atoms with Crippen LogP contribution in [0.3, 0.4) is 0 Å². The second-order valence-corrected chi connectivity index (χ2v) is 3.79. The van der Waals surface area contributed by atoms with Gasteiger partial charge >= 0.3 is 24.4 Å². The molecule has 0 aliphatic rings. The zero-order valence-corrected chi connectivity index (χ0v) is 10.2. The first-order chi connectivity index (χ1) is 8.91. The van der Waals surface area contributed by atoms with Crippen molar-refractivity contribution >= 4 is 5.97 Å². The van der Waals surface area contributed by atoms with E-state index in [1.165, 1.54) is 6.92 Å². The smallest absolute Gasteiger partial charge is 0.454 e. The summed E-state index contributed by atoms with van der Waals surface area (Å²) in [5, 5.41) is 9.08. The van der Waals surface area contributed by atoms with Gasteiger partial charge in [0.25, 0.3) is 0 Å². The van der Waals surface area contributed by atoms with Crippen LogP contribution in [0.5, 0.6) is 0 Å². The molecule has 0 aliphatic heterocycles. The Morgan fingerprint density at radius 3 is 2.10 bits per heavy atom. The minimum atomic E-state index is -5.98. The van der Waals surface area contributed by atoms with Crippen molar-refractivity contribution in [1.29, 1.82) is 0 Å². The molecule has 4 nitrogen and oxygen atoms in total. The minimum Gasteiger partial charge on any atom is -0.460 e. The summed E-state index contributed by atoms with van der Waals surface area (Å²) in [6.07, 6.45) is -12.4. The van der Waals surface area contributed by atoms with Crippen LogP contribution in [0, 0.1) is 0 Å². The van der Waals surface area contributed by atoms with Crippen molar-refractivity contribution in [1.82, 2.24) is 0 Å². The predicted octanol–water partition coefficient (Wildman–Crippen LogP) is 1.98. The highest BCUT2D eigenvalue weighted by molar-refractivity contribution is 5.86. The summed E-state index contributed by atoms with van der Waals surface area (Å²) in [6.45, 7) is 2.14. The van der Waals surface area contributed by atoms with E-state index in [4.69, 9.17) is 5.11 Å². The Kier molecular flexibility index (Phi) is 6.48. The van der Waals surface area contributed by atoms with Crippen LogP contribution in [0.15, 0.2) is 12.2 Å². The van der Waals surface area contributed by atoms with E-state index in [0.717, 1.165) is 0 Å². The molecule has 0 aromatic rings. The Hall–Kier alpha value is -1.29. The van der Waals surface area contributed by atoms with Crippen molar-refractivity contribution in [2.45, 2.75) is 31.5 Å². The summed E-state index contributed by atoms with van der Waals surface area (Å²) < 4.78 is 81.0. The van der Waals surface area contributed by atoms with Gasteiger partial charge in [-0.2, -0.15) is 17.6 Å². The number of ether oxygens (including phenoxy) is 2. The Morgan fingerprint density at radius 2 is 1.75 bits per heavy atom. The lowest BCUT2D eigenvalue weighted by atomic mass is 10.3. The molecule has 0 aromatic heterocycles. The fourth-order valence-corrected chi connectivity index (χ4v) is 0.829. The average molecular weight is 310 g/mol. The van der Waals surface area contributed by atoms with Gasteiger partial charge in [-0.15, -0.1) is 0 Å². The van der Waals surface area contributed by atoms with Crippen molar-refractivity contribution in [3.8, 4) is 0 Å². The van der Waals surface area contributed by atoms with Gasteiger partial charge in [-0.25, -0.2) is 13.6 Å². The summed E-state index contributed by atoms with van der Waals surface area (Å²) >= 11 is 0. The maximum atomic E-state index is 13.0. The molecule has 0 aliphatic carbocycles. The molecule has 20 heavy (non-hydrogen) atoms. The molecule has 2 atom stereocenters. The van der Waals surface area contributed by atoms with Gasteiger partial charge in [-0.3, -0.25) is 0 Å². The number of aliphatic hydroxyl groups is 1. The van der Waals surface area contributed by atoms with E-state index in [0.29, 0.717) is 0 Å². The molecule has 2 unspecified atom stereocenters. The van der Waals surface area contributed by atoms with Gasteiger partial charge in [0.2, 0.25) is 0 Å². The molecule has 0 spiro atoms. The molecule has 1 N–H and O–H groups in total. The number of hydrogen-bond donors (Lipinski definition) is 1. The normalized spacial score (nSPS) is 16.6. The van der Waals surface area contributed by atoms with Crippen molar-refractivity contribution in [2.24, 2.45) is 0 Å². The molecule has 0 aromatic carbocycles. The van der Waals surface area contributed by atoms with E-state index in [1.807, 2.05) is 0 Å². The van der Waals surface area contributed by atoms with Crippen LogP contribution < -0.4 is 0 Å². The summed E-state index contributed by atoms with van der Waals surface area (Å²) in [6, 6.07) is 0. The molecule has 0 rings (SSSR count). The molecule has 0 radical (unpaired) electrons. The molecule has 0 saturated carbocycles. The van der Waals surface area contributed by atoms with E-state index in [2.05, 4.69) is 16.1 Å². The van der Waals surface area contributed by atoms with Gasteiger partial charge in [-0.05, 0) is 6.92 Å². The monoisotopic (exact) mass is 310 g/mol. The fraction of sp³-hybridized carbons (Fsp3) is 0.700. The first kappa shape index (κ1) is 18.7. The van der Waals surface area contributed by atoms with E-state index in [9.17, 15) is 31.1 Å². The number of halogens is 6. The van der Waals surface area contributed by atoms with Gasteiger partial charge in [0, 0.05) is 5.57 Å². The van der Waals surface area contributed by atoms with E-state index in [1.54, 1.807) is 0 Å². The molecule has 0 heterocycles. The molecule has 0 bridgehead atoms. The zero-order valence-electron chi connectivity index (χ0n) is 10.2. The van der Waals surface area contributed by atoms with E-state index < -0.39 is 43.7 Å². The Labute approximate surface area is 110 Å². The lowest BCUT2D eigenvalue weighted by Crippen LogP contribution is -2.51. The average Bonchev–Trinajstić information content (AvgIpc) is 2.30. The molecule has 10 heteroatoms. The van der Waals surface area contributed by atoms with Gasteiger partial charge in [0.05, 0.1) is 6.61 Å².